The fourth-order valence-electron chi connectivity index (χ4n) is 3.22. The van der Waals surface area contributed by atoms with Crippen molar-refractivity contribution in [3.8, 4) is 5.69 Å². The largest absolute Gasteiger partial charge is 0.322 e. The summed E-state index contributed by atoms with van der Waals surface area (Å²) < 4.78 is 16.3. The summed E-state index contributed by atoms with van der Waals surface area (Å²) in [7, 11) is 0. The molecule has 0 saturated carbocycles. The van der Waals surface area contributed by atoms with Gasteiger partial charge in [-0.2, -0.15) is 0 Å². The van der Waals surface area contributed by atoms with E-state index in [1.807, 2.05) is 43.3 Å². The van der Waals surface area contributed by atoms with Crippen LogP contribution in [0.25, 0.3) is 5.69 Å². The SMILES string of the molecule is Cc1ccc(-n2c(=O)c(C(=O)Nc3ccc(F)cc3)cn2Cc2ccc(Cl)cc2)cc1. The van der Waals surface area contributed by atoms with Crippen LogP contribution in [-0.2, 0) is 6.54 Å². The minimum Gasteiger partial charge on any atom is -0.322 e. The van der Waals surface area contributed by atoms with Gasteiger partial charge in [-0.3, -0.25) is 14.3 Å². The normalized spacial score (nSPS) is 10.8. The molecule has 4 rings (SSSR count). The summed E-state index contributed by atoms with van der Waals surface area (Å²) in [5, 5.41) is 3.27. The Balaban J connectivity index is 1.74. The first-order chi connectivity index (χ1) is 14.9. The summed E-state index contributed by atoms with van der Waals surface area (Å²) >= 11 is 5.98. The number of nitrogens with zero attached hydrogens (tertiary/aromatic N) is 2. The molecule has 156 valence electrons. The van der Waals surface area contributed by atoms with Gasteiger partial charge in [0.15, 0.2) is 0 Å². The van der Waals surface area contributed by atoms with Crippen molar-refractivity contribution in [3.63, 3.8) is 0 Å². The molecule has 0 aliphatic carbocycles. The van der Waals surface area contributed by atoms with Crippen LogP contribution in [0.15, 0.2) is 83.8 Å². The van der Waals surface area contributed by atoms with Crippen LogP contribution in [0, 0.1) is 12.7 Å². The Morgan fingerprint density at radius 2 is 1.61 bits per heavy atom. The van der Waals surface area contributed by atoms with Crippen LogP contribution in [0.1, 0.15) is 21.5 Å². The number of hydrogen-bond donors (Lipinski definition) is 1. The first-order valence-electron chi connectivity index (χ1n) is 9.61. The summed E-state index contributed by atoms with van der Waals surface area (Å²) in [4.78, 5) is 26.0. The lowest BCUT2D eigenvalue weighted by molar-refractivity contribution is 0.102. The molecule has 0 fully saturated rings. The number of carbonyl (C=O) groups is 1. The van der Waals surface area contributed by atoms with Crippen LogP contribution in [0.5, 0.6) is 0 Å². The standard InChI is InChI=1S/C24H19ClFN3O2/c1-16-2-12-21(13-3-16)29-24(31)22(23(30)27-20-10-8-19(26)9-11-20)15-28(29)14-17-4-6-18(25)7-5-17/h2-13,15H,14H2,1H3,(H,27,30). The maximum absolute atomic E-state index is 13.2. The second kappa shape index (κ2) is 8.62. The number of carbonyl (C=O) groups excluding carboxylic acids is 1. The van der Waals surface area contributed by atoms with Crippen molar-refractivity contribution in [1.82, 2.24) is 9.36 Å². The van der Waals surface area contributed by atoms with E-state index in [0.717, 1.165) is 11.1 Å². The minimum absolute atomic E-state index is 0.0149. The van der Waals surface area contributed by atoms with Gasteiger partial charge in [-0.1, -0.05) is 41.4 Å². The second-order valence-electron chi connectivity index (χ2n) is 7.18. The lowest BCUT2D eigenvalue weighted by Crippen LogP contribution is -2.26. The molecular weight excluding hydrogens is 417 g/mol. The van der Waals surface area contributed by atoms with Crippen LogP contribution < -0.4 is 10.9 Å². The average Bonchev–Trinajstić information content (AvgIpc) is 3.08. The van der Waals surface area contributed by atoms with Crippen molar-refractivity contribution < 1.29 is 9.18 Å². The van der Waals surface area contributed by atoms with Gasteiger partial charge in [0.25, 0.3) is 11.5 Å². The maximum atomic E-state index is 13.2. The van der Waals surface area contributed by atoms with Crippen LogP contribution in [-0.4, -0.2) is 15.3 Å². The van der Waals surface area contributed by atoms with Crippen molar-refractivity contribution in [2.75, 3.05) is 5.32 Å². The van der Waals surface area contributed by atoms with Gasteiger partial charge in [0.1, 0.15) is 11.4 Å². The molecule has 0 aliphatic rings. The lowest BCUT2D eigenvalue weighted by Gasteiger charge is -2.12. The molecule has 31 heavy (non-hydrogen) atoms. The smallest absolute Gasteiger partial charge is 0.284 e. The highest BCUT2D eigenvalue weighted by Crippen LogP contribution is 2.15. The number of aryl methyl sites for hydroxylation is 1. The molecule has 0 spiro atoms. The molecule has 0 unspecified atom stereocenters. The second-order valence-corrected chi connectivity index (χ2v) is 7.62. The van der Waals surface area contributed by atoms with E-state index < -0.39 is 17.3 Å². The summed E-state index contributed by atoms with van der Waals surface area (Å²) in [6.07, 6.45) is 1.52. The van der Waals surface area contributed by atoms with Crippen molar-refractivity contribution in [3.05, 3.63) is 117 Å². The molecule has 1 amide bonds. The molecule has 0 saturated heterocycles. The number of anilines is 1. The van der Waals surface area contributed by atoms with E-state index in [4.69, 9.17) is 11.6 Å². The number of rotatable bonds is 5. The van der Waals surface area contributed by atoms with Gasteiger partial charge in [-0.25, -0.2) is 9.07 Å². The molecule has 1 aromatic heterocycles. The zero-order chi connectivity index (χ0) is 22.0. The minimum atomic E-state index is -0.563. The Bertz CT molecular complexity index is 1270. The molecule has 4 aromatic rings. The molecule has 7 heteroatoms. The Morgan fingerprint density at radius 1 is 0.968 bits per heavy atom. The number of aromatic nitrogens is 2. The van der Waals surface area contributed by atoms with Crippen molar-refractivity contribution in [2.24, 2.45) is 0 Å². The molecule has 3 aromatic carbocycles. The predicted molar refractivity (Wildman–Crippen MR) is 120 cm³/mol. The van der Waals surface area contributed by atoms with Crippen LogP contribution >= 0.6 is 11.6 Å². The topological polar surface area (TPSA) is 56.0 Å². The molecule has 1 N–H and O–H groups in total. The van der Waals surface area contributed by atoms with Gasteiger partial charge >= 0.3 is 0 Å². The number of halogens is 2. The summed E-state index contributed by atoms with van der Waals surface area (Å²) in [5.74, 6) is -0.971. The van der Waals surface area contributed by atoms with Gasteiger partial charge < -0.3 is 5.32 Å². The first kappa shape index (κ1) is 20.6. The third-order valence-electron chi connectivity index (χ3n) is 4.84. The molecule has 5 nitrogen and oxygen atoms in total. The highest BCUT2D eigenvalue weighted by molar-refractivity contribution is 6.30. The summed E-state index contributed by atoms with van der Waals surface area (Å²) in [6, 6.07) is 20.1. The predicted octanol–water partition coefficient (Wildman–Crippen LogP) is 5.04. The molecular formula is C24H19ClFN3O2. The number of hydrogen-bond acceptors (Lipinski definition) is 2. The third-order valence-corrected chi connectivity index (χ3v) is 5.09. The number of amides is 1. The molecule has 0 aliphatic heterocycles. The van der Waals surface area contributed by atoms with Gasteiger partial charge in [0, 0.05) is 16.9 Å². The monoisotopic (exact) mass is 435 g/mol. The Labute approximate surface area is 183 Å². The van der Waals surface area contributed by atoms with Crippen molar-refractivity contribution >= 4 is 23.2 Å². The fourth-order valence-corrected chi connectivity index (χ4v) is 3.35. The van der Waals surface area contributed by atoms with E-state index >= 15 is 0 Å². The number of benzene rings is 3. The fraction of sp³-hybridized carbons (Fsp3) is 0.0833. The van der Waals surface area contributed by atoms with Gasteiger partial charge in [-0.05, 0) is 61.0 Å². The van der Waals surface area contributed by atoms with E-state index in [0.29, 0.717) is 22.9 Å². The number of nitrogens with one attached hydrogen (secondary N) is 1. The highest BCUT2D eigenvalue weighted by atomic mass is 35.5. The lowest BCUT2D eigenvalue weighted by atomic mass is 10.2. The van der Waals surface area contributed by atoms with E-state index in [1.54, 1.807) is 16.8 Å². The quantitative estimate of drug-likeness (QED) is 0.477. The Morgan fingerprint density at radius 3 is 2.26 bits per heavy atom. The molecule has 0 bridgehead atoms. The van der Waals surface area contributed by atoms with Gasteiger partial charge in [0.2, 0.25) is 0 Å². The van der Waals surface area contributed by atoms with E-state index in [1.165, 1.54) is 35.1 Å². The van der Waals surface area contributed by atoms with Crippen LogP contribution in [0.4, 0.5) is 10.1 Å². The van der Waals surface area contributed by atoms with Gasteiger partial charge in [-0.15, -0.1) is 0 Å². The third kappa shape index (κ3) is 4.59. The van der Waals surface area contributed by atoms with E-state index in [2.05, 4.69) is 5.32 Å². The van der Waals surface area contributed by atoms with E-state index in [-0.39, 0.29) is 5.56 Å². The maximum Gasteiger partial charge on any atom is 0.284 e. The van der Waals surface area contributed by atoms with E-state index in [9.17, 15) is 14.0 Å². The van der Waals surface area contributed by atoms with Crippen molar-refractivity contribution in [2.45, 2.75) is 13.5 Å². The van der Waals surface area contributed by atoms with Gasteiger partial charge in [0.05, 0.1) is 12.2 Å². The summed E-state index contributed by atoms with van der Waals surface area (Å²) in [5.41, 5.74) is 2.56. The highest BCUT2D eigenvalue weighted by Gasteiger charge is 2.19. The molecule has 0 radical (unpaired) electrons. The van der Waals surface area contributed by atoms with Crippen molar-refractivity contribution in [1.29, 1.82) is 0 Å². The Kier molecular flexibility index (Phi) is 5.73. The zero-order valence-electron chi connectivity index (χ0n) is 16.7. The summed E-state index contributed by atoms with van der Waals surface area (Å²) in [6.45, 7) is 2.32. The van der Waals surface area contributed by atoms with Crippen LogP contribution in [0.2, 0.25) is 5.02 Å². The zero-order valence-corrected chi connectivity index (χ0v) is 17.4. The Hall–Kier alpha value is -3.64. The average molecular weight is 436 g/mol. The first-order valence-corrected chi connectivity index (χ1v) is 9.99. The van der Waals surface area contributed by atoms with Crippen LogP contribution in [0.3, 0.4) is 0 Å². The molecule has 1 heterocycles. The molecule has 0 atom stereocenters.